The van der Waals surface area contributed by atoms with Gasteiger partial charge in [0.15, 0.2) is 0 Å². The lowest BCUT2D eigenvalue weighted by Gasteiger charge is -2.17. The number of amides is 1. The minimum absolute atomic E-state index is 0.0653. The molecule has 2 heterocycles. The number of anilines is 1. The number of halogens is 3. The number of tetrazole rings is 1. The summed E-state index contributed by atoms with van der Waals surface area (Å²) in [5, 5.41) is 25.9. The highest BCUT2D eigenvalue weighted by Gasteiger charge is 2.38. The van der Waals surface area contributed by atoms with Crippen molar-refractivity contribution in [3.05, 3.63) is 81.9 Å². The van der Waals surface area contributed by atoms with Gasteiger partial charge in [0.05, 0.1) is 21.7 Å². The number of carbonyl (C=O) groups excluding carboxylic acids is 1. The second kappa shape index (κ2) is 8.45. The van der Waals surface area contributed by atoms with Crippen molar-refractivity contribution in [1.29, 1.82) is 0 Å². The van der Waals surface area contributed by atoms with Gasteiger partial charge in [-0.1, -0.05) is 36.4 Å². The molecule has 0 atom stereocenters. The Bertz CT molecular complexity index is 1330. The van der Waals surface area contributed by atoms with E-state index in [1.807, 2.05) is 0 Å². The number of nitrogens with zero attached hydrogens (tertiary/aromatic N) is 5. The second-order valence-electron chi connectivity index (χ2n) is 6.64. The molecule has 166 valence electrons. The van der Waals surface area contributed by atoms with Crippen LogP contribution in [-0.4, -0.2) is 36.4 Å². The zero-order chi connectivity index (χ0) is 23.6. The van der Waals surface area contributed by atoms with Gasteiger partial charge in [0, 0.05) is 23.3 Å². The van der Waals surface area contributed by atoms with E-state index in [1.165, 1.54) is 18.2 Å². The highest BCUT2D eigenvalue weighted by atomic mass is 19.4. The van der Waals surface area contributed by atoms with Gasteiger partial charge >= 0.3 is 6.18 Å². The van der Waals surface area contributed by atoms with E-state index in [0.29, 0.717) is 5.56 Å². The van der Waals surface area contributed by atoms with Crippen LogP contribution < -0.4 is 5.32 Å². The minimum Gasteiger partial charge on any atom is -0.306 e. The summed E-state index contributed by atoms with van der Waals surface area (Å²) < 4.78 is 42.0. The number of pyridine rings is 1. The molecule has 4 rings (SSSR count). The molecular weight excluding hydrogens is 443 g/mol. The summed E-state index contributed by atoms with van der Waals surface area (Å²) in [4.78, 5) is 27.3. The van der Waals surface area contributed by atoms with E-state index < -0.39 is 39.8 Å². The molecule has 0 saturated carbocycles. The number of nitro groups is 1. The van der Waals surface area contributed by atoms with Gasteiger partial charge in [0.2, 0.25) is 5.82 Å². The van der Waals surface area contributed by atoms with Gasteiger partial charge in [-0.3, -0.25) is 14.9 Å². The van der Waals surface area contributed by atoms with Crippen LogP contribution in [0, 0.1) is 10.1 Å². The normalized spacial score (nSPS) is 11.2. The molecule has 0 aliphatic rings. The summed E-state index contributed by atoms with van der Waals surface area (Å²) in [6, 6.07) is 13.6. The molecule has 0 aliphatic heterocycles. The molecule has 0 radical (unpaired) electrons. The van der Waals surface area contributed by atoms with Gasteiger partial charge in [-0.05, 0) is 17.3 Å². The fourth-order valence-electron chi connectivity index (χ4n) is 3.05. The number of non-ortho nitro benzene ring substituents is 1. The van der Waals surface area contributed by atoms with E-state index in [1.54, 1.807) is 30.3 Å². The van der Waals surface area contributed by atoms with Crippen LogP contribution >= 0.6 is 0 Å². The predicted octanol–water partition coefficient (Wildman–Crippen LogP) is 4.11. The number of aromatic nitrogens is 5. The van der Waals surface area contributed by atoms with Gasteiger partial charge in [-0.25, -0.2) is 4.98 Å². The van der Waals surface area contributed by atoms with Crippen LogP contribution in [0.15, 0.2) is 60.7 Å². The first kappa shape index (κ1) is 21.5. The van der Waals surface area contributed by atoms with Crippen LogP contribution in [0.5, 0.6) is 0 Å². The van der Waals surface area contributed by atoms with E-state index in [-0.39, 0.29) is 16.9 Å². The fraction of sp³-hybridized carbons (Fsp3) is 0.0500. The predicted molar refractivity (Wildman–Crippen MR) is 109 cm³/mol. The highest BCUT2D eigenvalue weighted by molar-refractivity contribution is 6.06. The summed E-state index contributed by atoms with van der Waals surface area (Å²) in [7, 11) is 0. The van der Waals surface area contributed by atoms with Crippen molar-refractivity contribution in [2.45, 2.75) is 6.18 Å². The first-order valence-corrected chi connectivity index (χ1v) is 9.21. The lowest BCUT2D eigenvalue weighted by molar-refractivity contribution is -0.384. The molecule has 13 heteroatoms. The third kappa shape index (κ3) is 4.51. The van der Waals surface area contributed by atoms with E-state index >= 15 is 0 Å². The number of nitrogens with one attached hydrogen (secondary N) is 2. The number of H-pyrrole nitrogens is 1. The highest BCUT2D eigenvalue weighted by Crippen LogP contribution is 2.41. The Balaban J connectivity index is 1.89. The summed E-state index contributed by atoms with van der Waals surface area (Å²) in [6.45, 7) is 0. The SMILES string of the molecule is O=C(Nc1nc(-c2ccccc2)cc(C(F)(F)F)c1-c1nn[nH]n1)c1cccc([N+](=O)[O-])c1. The van der Waals surface area contributed by atoms with Crippen molar-refractivity contribution < 1.29 is 22.9 Å². The standard InChI is InChI=1S/C20H12F3N7O3/c21-20(22,23)14-10-15(11-5-2-1-3-6-11)24-17(16(14)18-26-28-29-27-18)25-19(31)12-7-4-8-13(9-12)30(32)33/h1-10H,(H,24,25,31)(H,26,27,28,29). The number of rotatable bonds is 5. The first-order chi connectivity index (χ1) is 15.7. The average Bonchev–Trinajstić information content (AvgIpc) is 3.33. The van der Waals surface area contributed by atoms with Gasteiger partial charge in [-0.15, -0.1) is 10.2 Å². The lowest BCUT2D eigenvalue weighted by atomic mass is 10.0. The van der Waals surface area contributed by atoms with Gasteiger partial charge in [0.1, 0.15) is 5.82 Å². The zero-order valence-corrected chi connectivity index (χ0v) is 16.4. The molecule has 0 bridgehead atoms. The molecule has 2 aromatic heterocycles. The van der Waals surface area contributed by atoms with E-state index in [2.05, 4.69) is 30.9 Å². The third-order valence-electron chi connectivity index (χ3n) is 4.51. The van der Waals surface area contributed by atoms with Crippen molar-refractivity contribution in [3.8, 4) is 22.6 Å². The molecule has 33 heavy (non-hydrogen) atoms. The molecule has 1 amide bonds. The Labute approximate surface area is 182 Å². The lowest BCUT2D eigenvalue weighted by Crippen LogP contribution is -2.17. The van der Waals surface area contributed by atoms with Gasteiger partial charge < -0.3 is 5.32 Å². The molecular formula is C20H12F3N7O3. The van der Waals surface area contributed by atoms with E-state index in [0.717, 1.165) is 12.1 Å². The molecule has 0 spiro atoms. The minimum atomic E-state index is -4.85. The number of benzene rings is 2. The number of nitro benzene ring substituents is 1. The summed E-state index contributed by atoms with van der Waals surface area (Å²) in [6.07, 6.45) is -4.85. The van der Waals surface area contributed by atoms with E-state index in [9.17, 15) is 28.1 Å². The van der Waals surface area contributed by atoms with Crippen molar-refractivity contribution in [2.75, 3.05) is 5.32 Å². The van der Waals surface area contributed by atoms with Crippen LogP contribution in [0.2, 0.25) is 0 Å². The Morgan fingerprint density at radius 2 is 1.82 bits per heavy atom. The maximum Gasteiger partial charge on any atom is 0.417 e. The van der Waals surface area contributed by atoms with Crippen LogP contribution in [0.3, 0.4) is 0 Å². The summed E-state index contributed by atoms with van der Waals surface area (Å²) >= 11 is 0. The molecule has 2 aromatic carbocycles. The number of hydrogen-bond donors (Lipinski definition) is 2. The topological polar surface area (TPSA) is 140 Å². The molecule has 0 unspecified atom stereocenters. The number of aromatic amines is 1. The van der Waals surface area contributed by atoms with Crippen LogP contribution in [-0.2, 0) is 6.18 Å². The largest absolute Gasteiger partial charge is 0.417 e. The Morgan fingerprint density at radius 1 is 1.06 bits per heavy atom. The zero-order valence-electron chi connectivity index (χ0n) is 16.4. The molecule has 0 aliphatic carbocycles. The van der Waals surface area contributed by atoms with Crippen molar-refractivity contribution >= 4 is 17.4 Å². The van der Waals surface area contributed by atoms with Crippen molar-refractivity contribution in [1.82, 2.24) is 25.6 Å². The maximum absolute atomic E-state index is 14.0. The van der Waals surface area contributed by atoms with Crippen LogP contribution in [0.4, 0.5) is 24.7 Å². The smallest absolute Gasteiger partial charge is 0.306 e. The van der Waals surface area contributed by atoms with Crippen LogP contribution in [0.25, 0.3) is 22.6 Å². The number of alkyl halides is 3. The van der Waals surface area contributed by atoms with Crippen molar-refractivity contribution in [3.63, 3.8) is 0 Å². The molecule has 0 fully saturated rings. The average molecular weight is 455 g/mol. The number of carbonyl (C=O) groups is 1. The van der Waals surface area contributed by atoms with Crippen molar-refractivity contribution in [2.24, 2.45) is 0 Å². The van der Waals surface area contributed by atoms with E-state index in [4.69, 9.17) is 0 Å². The van der Waals surface area contributed by atoms with Gasteiger partial charge in [0.25, 0.3) is 11.6 Å². The first-order valence-electron chi connectivity index (χ1n) is 9.21. The van der Waals surface area contributed by atoms with Gasteiger partial charge in [-0.2, -0.15) is 18.4 Å². The summed E-state index contributed by atoms with van der Waals surface area (Å²) in [5.74, 6) is -1.83. The summed E-state index contributed by atoms with van der Waals surface area (Å²) in [5.41, 5.74) is -1.95. The Hall–Kier alpha value is -4.68. The molecule has 4 aromatic rings. The number of hydrogen-bond acceptors (Lipinski definition) is 7. The fourth-order valence-corrected chi connectivity index (χ4v) is 3.05. The molecule has 2 N–H and O–H groups in total. The monoisotopic (exact) mass is 455 g/mol. The van der Waals surface area contributed by atoms with Crippen LogP contribution in [0.1, 0.15) is 15.9 Å². The maximum atomic E-state index is 14.0. The molecule has 10 nitrogen and oxygen atoms in total. The quantitative estimate of drug-likeness (QED) is 0.341. The third-order valence-corrected chi connectivity index (χ3v) is 4.51. The Kier molecular flexibility index (Phi) is 5.52. The molecule has 0 saturated heterocycles. The Morgan fingerprint density at radius 3 is 2.45 bits per heavy atom. The second-order valence-corrected chi connectivity index (χ2v) is 6.64.